The number of aromatic nitrogens is 3. The molecular weight excluding hydrogens is 390 g/mol. The standard InChI is InChI=1S/C24H23N5O2/c30-24(19-8-5-11-25-16-19)26-23-22-20(28-12-14-31-15-13-28)9-4-10-21(22)29(27-23)17-18-6-2-1-3-7-18/h1-11,16H,12-15,17H2,(H,26,27,30). The molecule has 1 N–H and O–H groups in total. The van der Waals surface area contributed by atoms with Crippen LogP contribution in [0.1, 0.15) is 15.9 Å². The highest BCUT2D eigenvalue weighted by atomic mass is 16.5. The summed E-state index contributed by atoms with van der Waals surface area (Å²) in [6.07, 6.45) is 3.21. The molecule has 0 atom stereocenters. The van der Waals surface area contributed by atoms with Gasteiger partial charge in [0.15, 0.2) is 5.82 Å². The summed E-state index contributed by atoms with van der Waals surface area (Å²) in [6, 6.07) is 19.9. The van der Waals surface area contributed by atoms with Crippen LogP contribution in [0.15, 0.2) is 73.1 Å². The van der Waals surface area contributed by atoms with Crippen LogP contribution in [0.2, 0.25) is 0 Å². The van der Waals surface area contributed by atoms with Crippen molar-refractivity contribution < 1.29 is 9.53 Å². The number of carbonyl (C=O) groups is 1. The van der Waals surface area contributed by atoms with E-state index in [9.17, 15) is 4.79 Å². The van der Waals surface area contributed by atoms with Gasteiger partial charge >= 0.3 is 0 Å². The molecule has 0 unspecified atom stereocenters. The van der Waals surface area contributed by atoms with Crippen LogP contribution in [-0.2, 0) is 11.3 Å². The smallest absolute Gasteiger partial charge is 0.258 e. The van der Waals surface area contributed by atoms with Gasteiger partial charge in [-0.2, -0.15) is 5.10 Å². The summed E-state index contributed by atoms with van der Waals surface area (Å²) in [6.45, 7) is 3.60. The third-order valence-corrected chi connectivity index (χ3v) is 5.44. The molecule has 0 radical (unpaired) electrons. The van der Waals surface area contributed by atoms with Crippen LogP contribution in [0.4, 0.5) is 11.5 Å². The van der Waals surface area contributed by atoms with Crippen molar-refractivity contribution in [1.29, 1.82) is 0 Å². The molecule has 7 heteroatoms. The van der Waals surface area contributed by atoms with Crippen molar-refractivity contribution in [1.82, 2.24) is 14.8 Å². The number of pyridine rings is 1. The fourth-order valence-corrected chi connectivity index (χ4v) is 3.92. The lowest BCUT2D eigenvalue weighted by atomic mass is 10.1. The molecule has 2 aromatic carbocycles. The molecule has 156 valence electrons. The number of benzene rings is 2. The maximum Gasteiger partial charge on any atom is 0.258 e. The summed E-state index contributed by atoms with van der Waals surface area (Å²) in [5.41, 5.74) is 3.68. The number of hydrogen-bond acceptors (Lipinski definition) is 5. The molecule has 7 nitrogen and oxygen atoms in total. The summed E-state index contributed by atoms with van der Waals surface area (Å²) in [4.78, 5) is 19.2. The van der Waals surface area contributed by atoms with Crippen LogP contribution >= 0.6 is 0 Å². The number of fused-ring (bicyclic) bond motifs is 1. The number of morpholine rings is 1. The second-order valence-electron chi connectivity index (χ2n) is 7.46. The van der Waals surface area contributed by atoms with Crippen molar-refractivity contribution in [3.63, 3.8) is 0 Å². The monoisotopic (exact) mass is 413 g/mol. The minimum atomic E-state index is -0.226. The zero-order chi connectivity index (χ0) is 21.0. The molecule has 2 aromatic heterocycles. The minimum Gasteiger partial charge on any atom is -0.378 e. The van der Waals surface area contributed by atoms with E-state index in [2.05, 4.69) is 39.5 Å². The Kier molecular flexibility index (Phi) is 5.33. The molecular formula is C24H23N5O2. The zero-order valence-corrected chi connectivity index (χ0v) is 17.1. The second-order valence-corrected chi connectivity index (χ2v) is 7.46. The van der Waals surface area contributed by atoms with Crippen molar-refractivity contribution in [2.45, 2.75) is 6.54 Å². The van der Waals surface area contributed by atoms with E-state index in [0.29, 0.717) is 31.1 Å². The minimum absolute atomic E-state index is 0.226. The number of nitrogens with one attached hydrogen (secondary N) is 1. The Bertz CT molecular complexity index is 1180. The van der Waals surface area contributed by atoms with Gasteiger partial charge in [-0.15, -0.1) is 0 Å². The summed E-state index contributed by atoms with van der Waals surface area (Å²) in [5.74, 6) is 0.331. The lowest BCUT2D eigenvalue weighted by molar-refractivity contribution is 0.102. The van der Waals surface area contributed by atoms with Crippen molar-refractivity contribution in [2.24, 2.45) is 0 Å². The molecule has 1 fully saturated rings. The Balaban J connectivity index is 1.59. The summed E-state index contributed by atoms with van der Waals surface area (Å²) in [5, 5.41) is 8.77. The Morgan fingerprint density at radius 1 is 1.00 bits per heavy atom. The lowest BCUT2D eigenvalue weighted by Gasteiger charge is -2.29. The van der Waals surface area contributed by atoms with E-state index in [1.54, 1.807) is 24.5 Å². The zero-order valence-electron chi connectivity index (χ0n) is 17.1. The van der Waals surface area contributed by atoms with E-state index in [1.165, 1.54) is 0 Å². The molecule has 0 bridgehead atoms. The molecule has 1 amide bonds. The number of hydrogen-bond donors (Lipinski definition) is 1. The first kappa shape index (κ1) is 19.3. The molecule has 0 aliphatic carbocycles. The van der Waals surface area contributed by atoms with E-state index in [4.69, 9.17) is 9.84 Å². The predicted molar refractivity (Wildman–Crippen MR) is 120 cm³/mol. The first-order valence-corrected chi connectivity index (χ1v) is 10.4. The van der Waals surface area contributed by atoms with E-state index < -0.39 is 0 Å². The number of amides is 1. The van der Waals surface area contributed by atoms with Gasteiger partial charge in [0, 0.05) is 25.5 Å². The highest BCUT2D eigenvalue weighted by Crippen LogP contribution is 2.34. The second kappa shape index (κ2) is 8.57. The van der Waals surface area contributed by atoms with Gasteiger partial charge in [0.1, 0.15) is 0 Å². The average molecular weight is 413 g/mol. The third kappa shape index (κ3) is 4.00. The van der Waals surface area contributed by atoms with Crippen LogP contribution in [-0.4, -0.2) is 47.0 Å². The van der Waals surface area contributed by atoms with Gasteiger partial charge in [0.25, 0.3) is 5.91 Å². The van der Waals surface area contributed by atoms with Gasteiger partial charge in [-0.05, 0) is 29.8 Å². The van der Waals surface area contributed by atoms with Gasteiger partial charge in [0.05, 0.1) is 41.9 Å². The van der Waals surface area contributed by atoms with Crippen LogP contribution in [0.5, 0.6) is 0 Å². The van der Waals surface area contributed by atoms with Gasteiger partial charge < -0.3 is 15.0 Å². The molecule has 1 saturated heterocycles. The van der Waals surface area contributed by atoms with Crippen molar-refractivity contribution in [3.05, 3.63) is 84.2 Å². The molecule has 0 spiro atoms. The van der Waals surface area contributed by atoms with Crippen LogP contribution in [0.25, 0.3) is 10.9 Å². The van der Waals surface area contributed by atoms with Crippen LogP contribution in [0, 0.1) is 0 Å². The largest absolute Gasteiger partial charge is 0.378 e. The highest BCUT2D eigenvalue weighted by Gasteiger charge is 2.21. The fraction of sp³-hybridized carbons (Fsp3) is 0.208. The third-order valence-electron chi connectivity index (χ3n) is 5.44. The SMILES string of the molecule is O=C(Nc1nn(Cc2ccccc2)c2cccc(N3CCOCC3)c12)c1cccnc1. The number of anilines is 2. The molecule has 4 aromatic rings. The van der Waals surface area contributed by atoms with E-state index in [1.807, 2.05) is 28.9 Å². The van der Waals surface area contributed by atoms with Gasteiger partial charge in [-0.3, -0.25) is 14.5 Å². The number of rotatable bonds is 5. The number of carbonyl (C=O) groups excluding carboxylic acids is 1. The van der Waals surface area contributed by atoms with Crippen molar-refractivity contribution in [2.75, 3.05) is 36.5 Å². The summed E-state index contributed by atoms with van der Waals surface area (Å²) >= 11 is 0. The number of ether oxygens (including phenoxy) is 1. The van der Waals surface area contributed by atoms with E-state index in [-0.39, 0.29) is 5.91 Å². The van der Waals surface area contributed by atoms with Gasteiger partial charge in [-0.25, -0.2) is 0 Å². The maximum absolute atomic E-state index is 12.9. The van der Waals surface area contributed by atoms with E-state index >= 15 is 0 Å². The first-order valence-electron chi connectivity index (χ1n) is 10.4. The van der Waals surface area contributed by atoms with Crippen LogP contribution < -0.4 is 10.2 Å². The number of nitrogens with zero attached hydrogens (tertiary/aromatic N) is 4. The molecule has 1 aliphatic rings. The Morgan fingerprint density at radius 2 is 1.84 bits per heavy atom. The van der Waals surface area contributed by atoms with Crippen LogP contribution in [0.3, 0.4) is 0 Å². The molecule has 5 rings (SSSR count). The summed E-state index contributed by atoms with van der Waals surface area (Å²) < 4.78 is 7.48. The fourth-order valence-electron chi connectivity index (χ4n) is 3.92. The first-order chi connectivity index (χ1) is 15.3. The quantitative estimate of drug-likeness (QED) is 0.542. The van der Waals surface area contributed by atoms with E-state index in [0.717, 1.165) is 35.2 Å². The Morgan fingerprint density at radius 3 is 2.61 bits per heavy atom. The Hall–Kier alpha value is -3.71. The lowest BCUT2D eigenvalue weighted by Crippen LogP contribution is -2.36. The molecule has 3 heterocycles. The van der Waals surface area contributed by atoms with Gasteiger partial charge in [-0.1, -0.05) is 36.4 Å². The van der Waals surface area contributed by atoms with Gasteiger partial charge in [0.2, 0.25) is 0 Å². The molecule has 1 aliphatic heterocycles. The Labute approximate surface area is 180 Å². The van der Waals surface area contributed by atoms with Crippen molar-refractivity contribution >= 4 is 28.3 Å². The summed E-state index contributed by atoms with van der Waals surface area (Å²) in [7, 11) is 0. The molecule has 0 saturated carbocycles. The highest BCUT2D eigenvalue weighted by molar-refractivity contribution is 6.10. The molecule has 31 heavy (non-hydrogen) atoms. The topological polar surface area (TPSA) is 72.3 Å². The normalized spacial score (nSPS) is 14.0. The predicted octanol–water partition coefficient (Wildman–Crippen LogP) is 3.57. The maximum atomic E-state index is 12.9. The average Bonchev–Trinajstić information content (AvgIpc) is 3.18. The van der Waals surface area contributed by atoms with Crippen molar-refractivity contribution in [3.8, 4) is 0 Å².